The molecule has 44 heavy (non-hydrogen) atoms. The lowest BCUT2D eigenvalue weighted by molar-refractivity contribution is 0.672. The molecule has 0 N–H and O–H groups in total. The number of pyridine rings is 2. The van der Waals surface area contributed by atoms with Crippen molar-refractivity contribution in [1.29, 1.82) is 0 Å². The van der Waals surface area contributed by atoms with Gasteiger partial charge in [0, 0.05) is 54.9 Å². The second kappa shape index (κ2) is 8.76. The van der Waals surface area contributed by atoms with Gasteiger partial charge in [0.05, 0.1) is 33.4 Å². The summed E-state index contributed by atoms with van der Waals surface area (Å²) in [7, 11) is 0. The highest BCUT2D eigenvalue weighted by Crippen LogP contribution is 2.43. The van der Waals surface area contributed by atoms with E-state index in [9.17, 15) is 0 Å². The summed E-state index contributed by atoms with van der Waals surface area (Å²) in [5, 5.41) is 9.01. The summed E-state index contributed by atoms with van der Waals surface area (Å²) in [4.78, 5) is 9.90. The van der Waals surface area contributed by atoms with E-state index in [4.69, 9.17) is 9.40 Å². The first-order valence-electron chi connectivity index (χ1n) is 14.8. The van der Waals surface area contributed by atoms with E-state index in [1.165, 1.54) is 21.8 Å². The Labute approximate surface area is 251 Å². The number of benzene rings is 6. The lowest BCUT2D eigenvalue weighted by Gasteiger charge is -2.13. The zero-order valence-electron chi connectivity index (χ0n) is 23.5. The molecule has 0 aliphatic heterocycles. The minimum atomic E-state index is 0.847. The molecule has 0 amide bonds. The van der Waals surface area contributed by atoms with Crippen LogP contribution in [0.2, 0.25) is 0 Å². The van der Waals surface area contributed by atoms with Crippen LogP contribution in [-0.4, -0.2) is 14.5 Å². The molecular formula is C40H23N3O. The molecular weight excluding hydrogens is 538 g/mol. The summed E-state index contributed by atoms with van der Waals surface area (Å²) in [6.07, 6.45) is 1.84. The largest absolute Gasteiger partial charge is 0.455 e. The van der Waals surface area contributed by atoms with Crippen LogP contribution in [0.1, 0.15) is 0 Å². The summed E-state index contributed by atoms with van der Waals surface area (Å²) in [5.74, 6) is 0. The average Bonchev–Trinajstić information content (AvgIpc) is 3.64. The topological polar surface area (TPSA) is 43.9 Å². The number of rotatable bonds is 2. The number of fused-ring (bicyclic) bond motifs is 11. The Bertz CT molecular complexity index is 2730. The molecule has 0 atom stereocenters. The Morgan fingerprint density at radius 3 is 2.00 bits per heavy atom. The number of hydrogen-bond donors (Lipinski definition) is 0. The molecule has 4 aromatic heterocycles. The average molecular weight is 562 g/mol. The summed E-state index contributed by atoms with van der Waals surface area (Å²) < 4.78 is 9.09. The van der Waals surface area contributed by atoms with Crippen LogP contribution in [0.3, 0.4) is 0 Å². The van der Waals surface area contributed by atoms with Gasteiger partial charge in [-0.05, 0) is 36.4 Å². The number of para-hydroxylation sites is 2. The van der Waals surface area contributed by atoms with E-state index < -0.39 is 0 Å². The maximum atomic E-state index is 6.68. The highest BCUT2D eigenvalue weighted by Gasteiger charge is 2.20. The molecule has 4 nitrogen and oxygen atoms in total. The third-order valence-corrected chi connectivity index (χ3v) is 9.01. The van der Waals surface area contributed by atoms with Gasteiger partial charge in [-0.25, -0.2) is 4.98 Å². The molecule has 0 unspecified atom stereocenters. The van der Waals surface area contributed by atoms with Gasteiger partial charge in [-0.15, -0.1) is 0 Å². The van der Waals surface area contributed by atoms with E-state index >= 15 is 0 Å². The van der Waals surface area contributed by atoms with Crippen LogP contribution in [0, 0.1) is 0 Å². The molecule has 0 fully saturated rings. The van der Waals surface area contributed by atoms with Crippen molar-refractivity contribution < 1.29 is 4.42 Å². The van der Waals surface area contributed by atoms with E-state index in [0.717, 1.165) is 71.5 Å². The van der Waals surface area contributed by atoms with Crippen molar-refractivity contribution in [2.24, 2.45) is 0 Å². The van der Waals surface area contributed by atoms with Gasteiger partial charge < -0.3 is 8.98 Å². The van der Waals surface area contributed by atoms with Crippen molar-refractivity contribution in [3.05, 3.63) is 140 Å². The minimum Gasteiger partial charge on any atom is -0.455 e. The van der Waals surface area contributed by atoms with Crippen LogP contribution in [0.15, 0.2) is 144 Å². The molecule has 0 radical (unpaired) electrons. The van der Waals surface area contributed by atoms with Crippen LogP contribution in [0.4, 0.5) is 0 Å². The summed E-state index contributed by atoms with van der Waals surface area (Å²) in [6, 6.07) is 47.0. The van der Waals surface area contributed by atoms with Crippen molar-refractivity contribution in [2.45, 2.75) is 0 Å². The Balaban J connectivity index is 1.33. The lowest BCUT2D eigenvalue weighted by atomic mass is 9.99. The molecule has 204 valence electrons. The SMILES string of the molecule is c1cnc2c(c1)ccc1ccc(-c3cccc4oc5c6ccccc6c(-n6c7ccccc7c7ccccc76)cc5c34)nc12. The molecule has 0 bridgehead atoms. The highest BCUT2D eigenvalue weighted by atomic mass is 16.3. The lowest BCUT2D eigenvalue weighted by Crippen LogP contribution is -1.95. The van der Waals surface area contributed by atoms with Crippen LogP contribution < -0.4 is 0 Å². The second-order valence-corrected chi connectivity index (χ2v) is 11.4. The van der Waals surface area contributed by atoms with Crippen molar-refractivity contribution in [3.8, 4) is 16.9 Å². The molecule has 0 aliphatic rings. The van der Waals surface area contributed by atoms with Gasteiger partial charge in [0.15, 0.2) is 0 Å². The van der Waals surface area contributed by atoms with Crippen molar-refractivity contribution in [2.75, 3.05) is 0 Å². The third kappa shape index (κ3) is 3.17. The molecule has 0 aliphatic carbocycles. The molecule has 0 saturated heterocycles. The van der Waals surface area contributed by atoms with Crippen LogP contribution in [0.5, 0.6) is 0 Å². The van der Waals surface area contributed by atoms with Crippen LogP contribution in [-0.2, 0) is 0 Å². The summed E-state index contributed by atoms with van der Waals surface area (Å²) >= 11 is 0. The summed E-state index contributed by atoms with van der Waals surface area (Å²) in [6.45, 7) is 0. The van der Waals surface area contributed by atoms with Gasteiger partial charge >= 0.3 is 0 Å². The Hall–Kier alpha value is -6.00. The number of nitrogens with zero attached hydrogens (tertiary/aromatic N) is 3. The zero-order valence-corrected chi connectivity index (χ0v) is 23.5. The van der Waals surface area contributed by atoms with Crippen molar-refractivity contribution >= 4 is 76.3 Å². The fourth-order valence-corrected chi connectivity index (χ4v) is 7.08. The number of aromatic nitrogens is 3. The molecule has 0 saturated carbocycles. The van der Waals surface area contributed by atoms with Gasteiger partial charge in [0.25, 0.3) is 0 Å². The maximum Gasteiger partial charge on any atom is 0.143 e. The predicted octanol–water partition coefficient (Wildman–Crippen LogP) is 10.6. The van der Waals surface area contributed by atoms with Gasteiger partial charge in [-0.2, -0.15) is 0 Å². The highest BCUT2D eigenvalue weighted by molar-refractivity contribution is 6.22. The Morgan fingerprint density at radius 1 is 0.523 bits per heavy atom. The number of hydrogen-bond acceptors (Lipinski definition) is 3. The molecule has 10 aromatic rings. The predicted molar refractivity (Wildman–Crippen MR) is 182 cm³/mol. The van der Waals surface area contributed by atoms with Gasteiger partial charge in [0.1, 0.15) is 11.2 Å². The summed E-state index contributed by atoms with van der Waals surface area (Å²) in [5.41, 5.74) is 8.99. The first-order chi connectivity index (χ1) is 21.8. The first-order valence-corrected chi connectivity index (χ1v) is 14.8. The molecule has 6 aromatic carbocycles. The molecule has 10 rings (SSSR count). The van der Waals surface area contributed by atoms with Gasteiger partial charge in [-0.3, -0.25) is 4.98 Å². The van der Waals surface area contributed by atoms with E-state index in [2.05, 4.69) is 137 Å². The standard InChI is InChI=1S/C40H23N3O/c1-2-13-29-28(12-1)35(43-33-15-5-3-10-26(33)27-11-4-6-16-34(27)43)23-31-37-30(14-7-17-36(37)44-40(29)31)32-21-20-25-19-18-24-9-8-22-41-38(24)39(25)42-32/h1-23H. The quantitative estimate of drug-likeness (QED) is 0.197. The number of furan rings is 1. The minimum absolute atomic E-state index is 0.847. The zero-order chi connectivity index (χ0) is 28.8. The van der Waals surface area contributed by atoms with Gasteiger partial charge in [-0.1, -0.05) is 97.1 Å². The second-order valence-electron chi connectivity index (χ2n) is 11.4. The molecule has 4 heterocycles. The Morgan fingerprint density at radius 2 is 1.20 bits per heavy atom. The van der Waals surface area contributed by atoms with E-state index in [-0.39, 0.29) is 0 Å². The van der Waals surface area contributed by atoms with E-state index in [0.29, 0.717) is 0 Å². The fraction of sp³-hybridized carbons (Fsp3) is 0. The molecule has 4 heteroatoms. The Kier molecular flexibility index (Phi) is 4.69. The van der Waals surface area contributed by atoms with E-state index in [1.54, 1.807) is 0 Å². The fourth-order valence-electron chi connectivity index (χ4n) is 7.08. The monoisotopic (exact) mass is 561 g/mol. The normalized spacial score (nSPS) is 12.1. The van der Waals surface area contributed by atoms with Gasteiger partial charge in [0.2, 0.25) is 0 Å². The van der Waals surface area contributed by atoms with Crippen LogP contribution >= 0.6 is 0 Å². The van der Waals surface area contributed by atoms with Crippen molar-refractivity contribution in [3.63, 3.8) is 0 Å². The molecule has 0 spiro atoms. The maximum absolute atomic E-state index is 6.68. The van der Waals surface area contributed by atoms with E-state index in [1.807, 2.05) is 12.3 Å². The van der Waals surface area contributed by atoms with Crippen molar-refractivity contribution in [1.82, 2.24) is 14.5 Å². The third-order valence-electron chi connectivity index (χ3n) is 9.01. The first kappa shape index (κ1) is 23.6. The van der Waals surface area contributed by atoms with Crippen LogP contribution in [0.25, 0.3) is 93.3 Å². The smallest absolute Gasteiger partial charge is 0.143 e.